The molecule has 0 aliphatic heterocycles. The Kier molecular flexibility index (Phi) is 6.16. The number of amides is 2. The number of benzene rings is 2. The summed E-state index contributed by atoms with van der Waals surface area (Å²) in [6.07, 6.45) is 2.15. The van der Waals surface area contributed by atoms with Gasteiger partial charge in [0.1, 0.15) is 11.5 Å². The van der Waals surface area contributed by atoms with E-state index in [0.717, 1.165) is 29.9 Å². The predicted octanol–water partition coefficient (Wildman–Crippen LogP) is 2.41. The van der Waals surface area contributed by atoms with E-state index < -0.39 is 5.91 Å². The normalized spacial score (nSPS) is 13.2. The standard InChI is InChI=1S/C21H25N3O4/c1-27-18-9-10-19(28-2)15(11-18)12-24(17-7-8-17)13-20(25)23-16-5-3-14(4-6-16)21(22)26/h3-6,9-11,17H,7-8,12-13H2,1-2H3,(H2,22,26)(H,23,25). The van der Waals surface area contributed by atoms with Crippen LogP contribution in [-0.2, 0) is 11.3 Å². The molecule has 1 aliphatic carbocycles. The van der Waals surface area contributed by atoms with Crippen LogP contribution >= 0.6 is 0 Å². The number of carbonyl (C=O) groups excluding carboxylic acids is 2. The zero-order valence-corrected chi connectivity index (χ0v) is 16.1. The molecule has 2 aromatic carbocycles. The Labute approximate surface area is 164 Å². The summed E-state index contributed by atoms with van der Waals surface area (Å²) in [6, 6.07) is 12.6. The minimum atomic E-state index is -0.495. The third-order valence-corrected chi connectivity index (χ3v) is 4.72. The Morgan fingerprint density at radius 2 is 1.82 bits per heavy atom. The number of hydrogen-bond acceptors (Lipinski definition) is 5. The Bertz CT molecular complexity index is 847. The van der Waals surface area contributed by atoms with Crippen LogP contribution in [0.25, 0.3) is 0 Å². The van der Waals surface area contributed by atoms with Crippen LogP contribution in [0.5, 0.6) is 11.5 Å². The molecule has 1 aliphatic rings. The molecule has 2 amide bonds. The van der Waals surface area contributed by atoms with Crippen molar-refractivity contribution in [3.05, 3.63) is 53.6 Å². The maximum absolute atomic E-state index is 12.5. The lowest BCUT2D eigenvalue weighted by Crippen LogP contribution is -2.34. The Morgan fingerprint density at radius 1 is 1.11 bits per heavy atom. The van der Waals surface area contributed by atoms with Gasteiger partial charge < -0.3 is 20.5 Å². The van der Waals surface area contributed by atoms with Crippen LogP contribution < -0.4 is 20.5 Å². The smallest absolute Gasteiger partial charge is 0.248 e. The highest BCUT2D eigenvalue weighted by Gasteiger charge is 2.31. The van der Waals surface area contributed by atoms with Crippen molar-refractivity contribution < 1.29 is 19.1 Å². The van der Waals surface area contributed by atoms with E-state index in [1.54, 1.807) is 38.5 Å². The molecule has 0 spiro atoms. The van der Waals surface area contributed by atoms with Crippen molar-refractivity contribution >= 4 is 17.5 Å². The molecule has 1 fully saturated rings. The average molecular weight is 383 g/mol. The van der Waals surface area contributed by atoms with Crippen LogP contribution in [0.2, 0.25) is 0 Å². The number of rotatable bonds is 9. The second kappa shape index (κ2) is 8.75. The average Bonchev–Trinajstić information content (AvgIpc) is 3.53. The number of anilines is 1. The van der Waals surface area contributed by atoms with Gasteiger partial charge in [-0.2, -0.15) is 0 Å². The molecule has 3 rings (SSSR count). The number of nitrogens with zero attached hydrogens (tertiary/aromatic N) is 1. The summed E-state index contributed by atoms with van der Waals surface area (Å²) in [5, 5.41) is 2.87. The van der Waals surface area contributed by atoms with Gasteiger partial charge in [-0.1, -0.05) is 0 Å². The van der Waals surface area contributed by atoms with Crippen LogP contribution in [0.1, 0.15) is 28.8 Å². The van der Waals surface area contributed by atoms with E-state index in [-0.39, 0.29) is 12.5 Å². The van der Waals surface area contributed by atoms with E-state index in [2.05, 4.69) is 10.2 Å². The number of carbonyl (C=O) groups is 2. The van der Waals surface area contributed by atoms with Crippen LogP contribution in [0.15, 0.2) is 42.5 Å². The molecular weight excluding hydrogens is 358 g/mol. The number of hydrogen-bond donors (Lipinski definition) is 2. The lowest BCUT2D eigenvalue weighted by atomic mass is 10.1. The second-order valence-corrected chi connectivity index (χ2v) is 6.80. The van der Waals surface area contributed by atoms with E-state index in [0.29, 0.717) is 23.8 Å². The topological polar surface area (TPSA) is 93.9 Å². The molecule has 0 saturated heterocycles. The van der Waals surface area contributed by atoms with Gasteiger partial charge in [0, 0.05) is 29.4 Å². The highest BCUT2D eigenvalue weighted by molar-refractivity contribution is 5.95. The molecule has 148 valence electrons. The van der Waals surface area contributed by atoms with Gasteiger partial charge >= 0.3 is 0 Å². The highest BCUT2D eigenvalue weighted by atomic mass is 16.5. The maximum atomic E-state index is 12.5. The quantitative estimate of drug-likeness (QED) is 0.693. The molecule has 0 atom stereocenters. The van der Waals surface area contributed by atoms with Gasteiger partial charge in [-0.05, 0) is 55.3 Å². The molecule has 28 heavy (non-hydrogen) atoms. The lowest BCUT2D eigenvalue weighted by molar-refractivity contribution is -0.117. The first-order chi connectivity index (χ1) is 13.5. The Hall–Kier alpha value is -3.06. The highest BCUT2D eigenvalue weighted by Crippen LogP contribution is 2.31. The molecule has 0 aromatic heterocycles. The zero-order chi connectivity index (χ0) is 20.1. The van der Waals surface area contributed by atoms with Crippen molar-refractivity contribution in [3.63, 3.8) is 0 Å². The fourth-order valence-electron chi connectivity index (χ4n) is 3.08. The first-order valence-corrected chi connectivity index (χ1v) is 9.15. The molecule has 0 radical (unpaired) electrons. The molecule has 0 unspecified atom stereocenters. The van der Waals surface area contributed by atoms with Crippen LogP contribution in [0, 0.1) is 0 Å². The first-order valence-electron chi connectivity index (χ1n) is 9.15. The molecule has 1 saturated carbocycles. The third kappa shape index (κ3) is 5.01. The van der Waals surface area contributed by atoms with Gasteiger partial charge in [-0.15, -0.1) is 0 Å². The van der Waals surface area contributed by atoms with E-state index in [9.17, 15) is 9.59 Å². The van der Waals surface area contributed by atoms with Crippen LogP contribution in [0.3, 0.4) is 0 Å². The van der Waals surface area contributed by atoms with Crippen molar-refractivity contribution in [3.8, 4) is 11.5 Å². The van der Waals surface area contributed by atoms with Crippen molar-refractivity contribution in [2.24, 2.45) is 5.73 Å². The molecule has 0 bridgehead atoms. The molecule has 0 heterocycles. The number of ether oxygens (including phenoxy) is 2. The molecular formula is C21H25N3O4. The summed E-state index contributed by atoms with van der Waals surface area (Å²) in [5.41, 5.74) is 7.25. The molecule has 7 heteroatoms. The summed E-state index contributed by atoms with van der Waals surface area (Å²) in [7, 11) is 3.26. The largest absolute Gasteiger partial charge is 0.497 e. The minimum absolute atomic E-state index is 0.111. The zero-order valence-electron chi connectivity index (χ0n) is 16.1. The van der Waals surface area contributed by atoms with Crippen molar-refractivity contribution in [2.75, 3.05) is 26.1 Å². The van der Waals surface area contributed by atoms with E-state index in [1.807, 2.05) is 18.2 Å². The van der Waals surface area contributed by atoms with Gasteiger partial charge in [0.25, 0.3) is 0 Å². The molecule has 7 nitrogen and oxygen atoms in total. The fourth-order valence-corrected chi connectivity index (χ4v) is 3.08. The summed E-state index contributed by atoms with van der Waals surface area (Å²) in [4.78, 5) is 25.8. The number of methoxy groups -OCH3 is 2. The van der Waals surface area contributed by atoms with Crippen LogP contribution in [0.4, 0.5) is 5.69 Å². The van der Waals surface area contributed by atoms with Crippen molar-refractivity contribution in [1.82, 2.24) is 4.90 Å². The van der Waals surface area contributed by atoms with Gasteiger partial charge in [0.05, 0.1) is 20.8 Å². The number of nitrogens with one attached hydrogen (secondary N) is 1. The van der Waals surface area contributed by atoms with Crippen molar-refractivity contribution in [2.45, 2.75) is 25.4 Å². The summed E-state index contributed by atoms with van der Waals surface area (Å²) < 4.78 is 10.8. The van der Waals surface area contributed by atoms with E-state index in [1.165, 1.54) is 0 Å². The van der Waals surface area contributed by atoms with Crippen molar-refractivity contribution in [1.29, 1.82) is 0 Å². The minimum Gasteiger partial charge on any atom is -0.497 e. The summed E-state index contributed by atoms with van der Waals surface area (Å²) >= 11 is 0. The fraction of sp³-hybridized carbons (Fsp3) is 0.333. The first kappa shape index (κ1) is 19.7. The van der Waals surface area contributed by atoms with Gasteiger partial charge in [-0.25, -0.2) is 0 Å². The molecule has 3 N–H and O–H groups in total. The maximum Gasteiger partial charge on any atom is 0.248 e. The van der Waals surface area contributed by atoms with Gasteiger partial charge in [0.15, 0.2) is 0 Å². The summed E-state index contributed by atoms with van der Waals surface area (Å²) in [6.45, 7) is 0.863. The molecule has 2 aromatic rings. The number of primary amides is 1. The van der Waals surface area contributed by atoms with E-state index >= 15 is 0 Å². The SMILES string of the molecule is COc1ccc(OC)c(CN(CC(=O)Nc2ccc(C(N)=O)cc2)C2CC2)c1. The Balaban J connectivity index is 1.66. The van der Waals surface area contributed by atoms with Gasteiger partial charge in [-0.3, -0.25) is 14.5 Å². The van der Waals surface area contributed by atoms with E-state index in [4.69, 9.17) is 15.2 Å². The lowest BCUT2D eigenvalue weighted by Gasteiger charge is -2.23. The second-order valence-electron chi connectivity index (χ2n) is 6.80. The van der Waals surface area contributed by atoms with Gasteiger partial charge in [0.2, 0.25) is 11.8 Å². The Morgan fingerprint density at radius 3 is 2.39 bits per heavy atom. The summed E-state index contributed by atoms with van der Waals surface area (Å²) in [5.74, 6) is 0.921. The third-order valence-electron chi connectivity index (χ3n) is 4.72. The number of nitrogens with two attached hydrogens (primary N) is 1. The predicted molar refractivity (Wildman–Crippen MR) is 107 cm³/mol. The monoisotopic (exact) mass is 383 g/mol. The van der Waals surface area contributed by atoms with Crippen LogP contribution in [-0.4, -0.2) is 43.5 Å².